The lowest BCUT2D eigenvalue weighted by molar-refractivity contribution is -0.150. The summed E-state index contributed by atoms with van der Waals surface area (Å²) in [7, 11) is 0. The van der Waals surface area contributed by atoms with Crippen LogP contribution >= 0.6 is 0 Å². The Hall–Kier alpha value is -0.560. The molecule has 0 aliphatic rings. The molecule has 0 N–H and O–H groups in total. The van der Waals surface area contributed by atoms with Gasteiger partial charge in [-0.05, 0) is 74.0 Å². The van der Waals surface area contributed by atoms with Gasteiger partial charge in [0, 0.05) is 39.6 Å². The third kappa shape index (κ3) is 47.6. The summed E-state index contributed by atoms with van der Waals surface area (Å²) in [6.07, 6.45) is 9.66. The van der Waals surface area contributed by atoms with Crippen LogP contribution in [-0.2, 0) is 66.3 Å². The minimum atomic E-state index is -0.667. The summed E-state index contributed by atoms with van der Waals surface area (Å²) in [4.78, 5) is 0. The molecule has 0 aromatic rings. The van der Waals surface area contributed by atoms with Gasteiger partial charge in [0.25, 0.3) is 0 Å². The molecule has 0 bridgehead atoms. The van der Waals surface area contributed by atoms with E-state index in [9.17, 15) is 0 Å². The first kappa shape index (κ1) is 70.4. The molecule has 0 radical (unpaired) electrons. The summed E-state index contributed by atoms with van der Waals surface area (Å²) in [6, 6.07) is 0. The summed E-state index contributed by atoms with van der Waals surface area (Å²) < 4.78 is 86.8. The van der Waals surface area contributed by atoms with Gasteiger partial charge in [-0.25, -0.2) is 0 Å². The zero-order valence-corrected chi connectivity index (χ0v) is 48.3. The van der Waals surface area contributed by atoms with Crippen LogP contribution in [0.3, 0.4) is 0 Å². The Morgan fingerprint density at radius 2 is 0.437 bits per heavy atom. The van der Waals surface area contributed by atoms with Crippen LogP contribution in [0.1, 0.15) is 141 Å². The molecule has 0 spiro atoms. The van der Waals surface area contributed by atoms with Gasteiger partial charge in [0.2, 0.25) is 0 Å². The van der Waals surface area contributed by atoms with Crippen LogP contribution in [-0.4, -0.2) is 185 Å². The molecule has 0 heterocycles. The van der Waals surface area contributed by atoms with E-state index in [0.29, 0.717) is 207 Å². The van der Waals surface area contributed by atoms with Crippen molar-refractivity contribution in [3.63, 3.8) is 0 Å². The number of hydrogen-bond acceptors (Lipinski definition) is 14. The van der Waals surface area contributed by atoms with Crippen molar-refractivity contribution >= 4 is 0 Å². The highest BCUT2D eigenvalue weighted by Crippen LogP contribution is 2.26. The standard InChI is InChI=1S/C57H116O14/c1-13-15-55(12)21-27-63-34-40-69-46-57(45-68-39-33-62-26-20-54(11)14-2,47-70-41-35-64-29-28-58-22-16-50(3)4)49-71-48-56(42-65-36-30-59-23-17-51(5)6,43-66-37-31-60-24-18-52(7)8)44-67-38-32-61-25-19-53(9)10/h50-55H,13-49H2,1-12H3. The Bertz CT molecular complexity index is 1010. The highest BCUT2D eigenvalue weighted by Gasteiger charge is 2.37. The lowest BCUT2D eigenvalue weighted by atomic mass is 9.90. The van der Waals surface area contributed by atoms with Gasteiger partial charge >= 0.3 is 0 Å². The smallest absolute Gasteiger partial charge is 0.0701 e. The Morgan fingerprint density at radius 1 is 0.225 bits per heavy atom. The van der Waals surface area contributed by atoms with Crippen molar-refractivity contribution in [2.45, 2.75) is 141 Å². The second-order valence-electron chi connectivity index (χ2n) is 21.8. The molecule has 0 aliphatic heterocycles. The fourth-order valence-corrected chi connectivity index (χ4v) is 6.94. The number of ether oxygens (including phenoxy) is 14. The highest BCUT2D eigenvalue weighted by molar-refractivity contribution is 4.83. The monoisotopic (exact) mass is 1020 g/mol. The van der Waals surface area contributed by atoms with E-state index in [2.05, 4.69) is 83.1 Å². The lowest BCUT2D eigenvalue weighted by Gasteiger charge is -2.37. The van der Waals surface area contributed by atoms with Gasteiger partial charge in [-0.15, -0.1) is 0 Å². The summed E-state index contributed by atoms with van der Waals surface area (Å²) >= 11 is 0. The molecule has 428 valence electrons. The second kappa shape index (κ2) is 50.3. The van der Waals surface area contributed by atoms with E-state index in [4.69, 9.17) is 66.3 Å². The minimum absolute atomic E-state index is 0.290. The first-order chi connectivity index (χ1) is 34.3. The first-order valence-corrected chi connectivity index (χ1v) is 28.4. The average molecular weight is 1030 g/mol. The summed E-state index contributed by atoms with van der Waals surface area (Å²) in [6.45, 7) is 40.2. The minimum Gasteiger partial charge on any atom is -0.380 e. The van der Waals surface area contributed by atoms with Crippen molar-refractivity contribution in [2.24, 2.45) is 46.3 Å². The molecule has 0 saturated carbocycles. The second-order valence-corrected chi connectivity index (χ2v) is 21.8. The lowest BCUT2D eigenvalue weighted by Crippen LogP contribution is -2.46. The Labute approximate surface area is 437 Å². The molecule has 0 aliphatic carbocycles. The molecule has 3 atom stereocenters. The van der Waals surface area contributed by atoms with Gasteiger partial charge in [0.1, 0.15) is 0 Å². The molecular formula is C57H116O14. The van der Waals surface area contributed by atoms with Crippen LogP contribution in [0, 0.1) is 46.3 Å². The van der Waals surface area contributed by atoms with Gasteiger partial charge in [-0.1, -0.05) is 102 Å². The molecule has 0 amide bonds. The van der Waals surface area contributed by atoms with E-state index in [1.54, 1.807) is 0 Å². The Kier molecular flexibility index (Phi) is 49.9. The molecule has 0 fully saturated rings. The molecule has 0 rings (SSSR count). The molecule has 3 unspecified atom stereocenters. The molecule has 14 heteroatoms. The van der Waals surface area contributed by atoms with E-state index in [-0.39, 0.29) is 0 Å². The van der Waals surface area contributed by atoms with Crippen LogP contribution < -0.4 is 0 Å². The molecular weight excluding hydrogens is 909 g/mol. The van der Waals surface area contributed by atoms with Crippen molar-refractivity contribution < 1.29 is 66.3 Å². The van der Waals surface area contributed by atoms with Gasteiger partial charge in [-0.2, -0.15) is 0 Å². The van der Waals surface area contributed by atoms with Gasteiger partial charge in [0.05, 0.1) is 156 Å². The van der Waals surface area contributed by atoms with Crippen molar-refractivity contribution in [1.29, 1.82) is 0 Å². The third-order valence-electron chi connectivity index (χ3n) is 12.2. The number of hydrogen-bond donors (Lipinski definition) is 0. The normalized spacial score (nSPS) is 14.2. The summed E-state index contributed by atoms with van der Waals surface area (Å²) in [5.74, 6) is 3.62. The third-order valence-corrected chi connectivity index (χ3v) is 12.2. The van der Waals surface area contributed by atoms with Gasteiger partial charge in [-0.3, -0.25) is 0 Å². The number of rotatable bonds is 58. The predicted molar refractivity (Wildman–Crippen MR) is 287 cm³/mol. The zero-order valence-electron chi connectivity index (χ0n) is 48.3. The van der Waals surface area contributed by atoms with E-state index >= 15 is 0 Å². The van der Waals surface area contributed by atoms with Crippen molar-refractivity contribution in [2.75, 3.05) is 185 Å². The van der Waals surface area contributed by atoms with E-state index in [1.807, 2.05) is 0 Å². The van der Waals surface area contributed by atoms with E-state index < -0.39 is 10.8 Å². The van der Waals surface area contributed by atoms with Crippen LogP contribution in [0.25, 0.3) is 0 Å². The quantitative estimate of drug-likeness (QED) is 0.0536. The molecule has 0 saturated heterocycles. The molecule has 0 aromatic heterocycles. The largest absolute Gasteiger partial charge is 0.380 e. The SMILES string of the molecule is CCCC(C)CCOCCOCC(COCCOCCOCCC(C)C)(COCCOCCC(C)CC)COCC(COCCOCCC(C)C)(COCCOCCC(C)C)COCCOCCC(C)C. The fourth-order valence-electron chi connectivity index (χ4n) is 6.94. The zero-order chi connectivity index (χ0) is 52.5. The Morgan fingerprint density at radius 3 is 0.676 bits per heavy atom. The maximum atomic E-state index is 6.88. The fraction of sp³-hybridized carbons (Fsp3) is 1.00. The predicted octanol–water partition coefficient (Wildman–Crippen LogP) is 10.6. The maximum absolute atomic E-state index is 6.88. The van der Waals surface area contributed by atoms with Crippen LogP contribution in [0.4, 0.5) is 0 Å². The first-order valence-electron chi connectivity index (χ1n) is 28.4. The maximum Gasteiger partial charge on any atom is 0.0701 e. The van der Waals surface area contributed by atoms with Crippen molar-refractivity contribution in [3.05, 3.63) is 0 Å². The summed E-state index contributed by atoms with van der Waals surface area (Å²) in [5.41, 5.74) is -1.32. The van der Waals surface area contributed by atoms with Crippen LogP contribution in [0.5, 0.6) is 0 Å². The van der Waals surface area contributed by atoms with Crippen molar-refractivity contribution in [1.82, 2.24) is 0 Å². The molecule has 14 nitrogen and oxygen atoms in total. The summed E-state index contributed by atoms with van der Waals surface area (Å²) in [5, 5.41) is 0. The van der Waals surface area contributed by atoms with E-state index in [1.165, 1.54) is 12.8 Å². The van der Waals surface area contributed by atoms with Gasteiger partial charge in [0.15, 0.2) is 0 Å². The van der Waals surface area contributed by atoms with Crippen LogP contribution in [0.15, 0.2) is 0 Å². The Balaban J connectivity index is 6.38. The van der Waals surface area contributed by atoms with Crippen molar-refractivity contribution in [3.8, 4) is 0 Å². The molecule has 0 aromatic carbocycles. The average Bonchev–Trinajstić information content (AvgIpc) is 3.32. The highest BCUT2D eigenvalue weighted by atomic mass is 16.6. The molecule has 71 heavy (non-hydrogen) atoms. The topological polar surface area (TPSA) is 129 Å². The van der Waals surface area contributed by atoms with Crippen LogP contribution in [0.2, 0.25) is 0 Å². The van der Waals surface area contributed by atoms with E-state index in [0.717, 1.165) is 58.2 Å². The van der Waals surface area contributed by atoms with Gasteiger partial charge < -0.3 is 66.3 Å².